The number of aliphatic hydroxyl groups excluding tert-OH is 1. The van der Waals surface area contributed by atoms with Crippen LogP contribution >= 0.6 is 0 Å². The van der Waals surface area contributed by atoms with Gasteiger partial charge in [-0.05, 0) is 44.9 Å². The molecule has 1 saturated carbocycles. The van der Waals surface area contributed by atoms with Crippen molar-refractivity contribution in [2.24, 2.45) is 11.3 Å². The molecule has 0 radical (unpaired) electrons. The molecule has 0 bridgehead atoms. The number of piperidine rings is 2. The zero-order valence-corrected chi connectivity index (χ0v) is 14.5. The minimum absolute atomic E-state index is 0.0780. The molecular formula is C18H32N2O3. The number of carbonyl (C=O) groups excluding carboxylic acids is 1. The lowest BCUT2D eigenvalue weighted by Crippen LogP contribution is -2.60. The molecule has 132 valence electrons. The fourth-order valence-corrected chi connectivity index (χ4v) is 4.49. The van der Waals surface area contributed by atoms with Crippen molar-refractivity contribution in [3.8, 4) is 0 Å². The Morgan fingerprint density at radius 3 is 2.74 bits per heavy atom. The normalized spacial score (nSPS) is 33.0. The molecule has 2 aliphatic heterocycles. The van der Waals surface area contributed by atoms with E-state index in [0.29, 0.717) is 13.2 Å². The summed E-state index contributed by atoms with van der Waals surface area (Å²) < 4.78 is 5.28. The first kappa shape index (κ1) is 17.2. The highest BCUT2D eigenvalue weighted by Crippen LogP contribution is 2.40. The summed E-state index contributed by atoms with van der Waals surface area (Å²) in [5.74, 6) is 0.941. The Hall–Kier alpha value is -0.650. The molecular weight excluding hydrogens is 292 g/mol. The Morgan fingerprint density at radius 2 is 2.04 bits per heavy atom. The number of likely N-dealkylation sites (tertiary alicyclic amines) is 2. The van der Waals surface area contributed by atoms with Gasteiger partial charge in [0.05, 0.1) is 6.10 Å². The predicted octanol–water partition coefficient (Wildman–Crippen LogP) is 1.50. The second kappa shape index (κ2) is 7.49. The summed E-state index contributed by atoms with van der Waals surface area (Å²) in [6.45, 7) is 7.30. The number of nitrogens with zero attached hydrogens (tertiary/aromatic N) is 2. The molecule has 1 amide bonds. The van der Waals surface area contributed by atoms with Crippen molar-refractivity contribution in [2.75, 3.05) is 45.9 Å². The summed E-state index contributed by atoms with van der Waals surface area (Å²) in [6, 6.07) is 0. The maximum atomic E-state index is 12.3. The highest BCUT2D eigenvalue weighted by molar-refractivity contribution is 5.77. The van der Waals surface area contributed by atoms with Gasteiger partial charge < -0.3 is 19.6 Å². The van der Waals surface area contributed by atoms with Crippen LogP contribution in [0.5, 0.6) is 0 Å². The van der Waals surface area contributed by atoms with Crippen LogP contribution in [0.25, 0.3) is 0 Å². The van der Waals surface area contributed by atoms with Gasteiger partial charge in [-0.25, -0.2) is 0 Å². The van der Waals surface area contributed by atoms with E-state index in [1.807, 2.05) is 11.8 Å². The predicted molar refractivity (Wildman–Crippen MR) is 89.1 cm³/mol. The highest BCUT2D eigenvalue weighted by Gasteiger charge is 2.46. The van der Waals surface area contributed by atoms with Gasteiger partial charge in [0.25, 0.3) is 0 Å². The Bertz CT molecular complexity index is 413. The largest absolute Gasteiger partial charge is 0.392 e. The van der Waals surface area contributed by atoms with Gasteiger partial charge in [-0.1, -0.05) is 6.42 Å². The zero-order valence-electron chi connectivity index (χ0n) is 14.5. The van der Waals surface area contributed by atoms with Crippen molar-refractivity contribution in [3.63, 3.8) is 0 Å². The molecule has 1 aliphatic carbocycles. The molecule has 3 rings (SSSR count). The highest BCUT2D eigenvalue weighted by atomic mass is 16.5. The van der Waals surface area contributed by atoms with Crippen LogP contribution in [0.1, 0.15) is 45.4 Å². The van der Waals surface area contributed by atoms with Gasteiger partial charge in [0.2, 0.25) is 5.91 Å². The molecule has 2 saturated heterocycles. The summed E-state index contributed by atoms with van der Waals surface area (Å²) in [5.41, 5.74) is -0.123. The minimum atomic E-state index is -0.275. The van der Waals surface area contributed by atoms with Gasteiger partial charge in [-0.2, -0.15) is 0 Å². The summed E-state index contributed by atoms with van der Waals surface area (Å²) in [7, 11) is 0. The van der Waals surface area contributed by atoms with E-state index >= 15 is 0 Å². The maximum absolute atomic E-state index is 12.3. The molecule has 0 aromatic heterocycles. The van der Waals surface area contributed by atoms with Gasteiger partial charge in [0, 0.05) is 44.7 Å². The zero-order chi connectivity index (χ0) is 16.3. The van der Waals surface area contributed by atoms with E-state index in [2.05, 4.69) is 4.90 Å². The minimum Gasteiger partial charge on any atom is -0.392 e. The van der Waals surface area contributed by atoms with Crippen molar-refractivity contribution in [1.29, 1.82) is 0 Å². The lowest BCUT2D eigenvalue weighted by atomic mass is 9.71. The molecule has 23 heavy (non-hydrogen) atoms. The number of hydrogen-bond acceptors (Lipinski definition) is 4. The van der Waals surface area contributed by atoms with E-state index in [9.17, 15) is 9.90 Å². The van der Waals surface area contributed by atoms with Crippen LogP contribution in [0.4, 0.5) is 0 Å². The summed E-state index contributed by atoms with van der Waals surface area (Å²) in [5, 5.41) is 10.7. The first-order valence-electron chi connectivity index (χ1n) is 9.39. The third-order valence-electron chi connectivity index (χ3n) is 6.10. The van der Waals surface area contributed by atoms with E-state index in [1.165, 1.54) is 25.8 Å². The SMILES string of the molecule is CCOCC(=O)N1CCC[C@@]2(CN(CC3CCC3)CC[C@H]2O)C1. The number of aliphatic hydroxyl groups is 1. The molecule has 3 fully saturated rings. The fraction of sp³-hybridized carbons (Fsp3) is 0.944. The Labute approximate surface area is 140 Å². The molecule has 5 heteroatoms. The van der Waals surface area contributed by atoms with Crippen molar-refractivity contribution < 1.29 is 14.6 Å². The van der Waals surface area contributed by atoms with E-state index in [-0.39, 0.29) is 24.0 Å². The molecule has 0 aromatic rings. The van der Waals surface area contributed by atoms with Crippen LogP contribution in [-0.2, 0) is 9.53 Å². The molecule has 3 aliphatic rings. The summed E-state index contributed by atoms with van der Waals surface area (Å²) in [6.07, 6.45) is 6.71. The molecule has 2 atom stereocenters. The van der Waals surface area contributed by atoms with Crippen LogP contribution in [0.15, 0.2) is 0 Å². The lowest BCUT2D eigenvalue weighted by molar-refractivity contribution is -0.146. The summed E-state index contributed by atoms with van der Waals surface area (Å²) in [4.78, 5) is 16.8. The molecule has 0 unspecified atom stereocenters. The van der Waals surface area contributed by atoms with E-state index in [4.69, 9.17) is 4.74 Å². The number of rotatable bonds is 5. The average molecular weight is 324 g/mol. The third-order valence-corrected chi connectivity index (χ3v) is 6.10. The van der Waals surface area contributed by atoms with Crippen LogP contribution in [0.3, 0.4) is 0 Å². The van der Waals surface area contributed by atoms with Gasteiger partial charge in [-0.15, -0.1) is 0 Å². The number of ether oxygens (including phenoxy) is 1. The Morgan fingerprint density at radius 1 is 1.22 bits per heavy atom. The number of carbonyl (C=O) groups is 1. The second-order valence-corrected chi connectivity index (χ2v) is 7.75. The smallest absolute Gasteiger partial charge is 0.248 e. The van der Waals surface area contributed by atoms with E-state index in [1.54, 1.807) is 0 Å². The van der Waals surface area contributed by atoms with Gasteiger partial charge in [-0.3, -0.25) is 4.79 Å². The van der Waals surface area contributed by atoms with Crippen molar-refractivity contribution in [1.82, 2.24) is 9.80 Å². The Kier molecular flexibility index (Phi) is 5.60. The number of amides is 1. The van der Waals surface area contributed by atoms with Gasteiger partial charge >= 0.3 is 0 Å². The van der Waals surface area contributed by atoms with Gasteiger partial charge in [0.1, 0.15) is 6.61 Å². The van der Waals surface area contributed by atoms with Crippen molar-refractivity contribution in [3.05, 3.63) is 0 Å². The standard InChI is InChI=1S/C18H32N2O3/c1-2-23-12-17(22)20-9-4-8-18(14-20)13-19(10-7-16(18)21)11-15-5-3-6-15/h15-16,21H,2-14H2,1H3/t16-,18-/m1/s1. The molecule has 1 spiro atoms. The van der Waals surface area contributed by atoms with Crippen molar-refractivity contribution >= 4 is 5.91 Å². The Balaban J connectivity index is 1.61. The van der Waals surface area contributed by atoms with Crippen LogP contribution in [-0.4, -0.2) is 72.9 Å². The average Bonchev–Trinajstić information content (AvgIpc) is 2.52. The molecule has 5 nitrogen and oxygen atoms in total. The molecule has 1 N–H and O–H groups in total. The van der Waals surface area contributed by atoms with Crippen LogP contribution < -0.4 is 0 Å². The van der Waals surface area contributed by atoms with Crippen LogP contribution in [0.2, 0.25) is 0 Å². The first-order chi connectivity index (χ1) is 11.1. The van der Waals surface area contributed by atoms with E-state index < -0.39 is 0 Å². The number of hydrogen-bond donors (Lipinski definition) is 1. The monoisotopic (exact) mass is 324 g/mol. The quantitative estimate of drug-likeness (QED) is 0.833. The van der Waals surface area contributed by atoms with Gasteiger partial charge in [0.15, 0.2) is 0 Å². The van der Waals surface area contributed by atoms with E-state index in [0.717, 1.165) is 44.8 Å². The first-order valence-corrected chi connectivity index (χ1v) is 9.39. The maximum Gasteiger partial charge on any atom is 0.248 e. The third kappa shape index (κ3) is 3.89. The molecule has 0 aromatic carbocycles. The second-order valence-electron chi connectivity index (χ2n) is 7.75. The fourth-order valence-electron chi connectivity index (χ4n) is 4.49. The summed E-state index contributed by atoms with van der Waals surface area (Å²) >= 11 is 0. The molecule has 2 heterocycles. The van der Waals surface area contributed by atoms with Crippen molar-refractivity contribution in [2.45, 2.75) is 51.6 Å². The topological polar surface area (TPSA) is 53.0 Å². The van der Waals surface area contributed by atoms with Crippen LogP contribution in [0, 0.1) is 11.3 Å². The lowest BCUT2D eigenvalue weighted by Gasteiger charge is -2.52.